The molecule has 0 amide bonds. The molecule has 4 heteroatoms. The summed E-state index contributed by atoms with van der Waals surface area (Å²) in [4.78, 5) is 10.7. The molecule has 2 aromatic carbocycles. The minimum atomic E-state index is -0.714. The summed E-state index contributed by atoms with van der Waals surface area (Å²) in [5, 5.41) is 0. The first-order chi connectivity index (χ1) is 8.58. The lowest BCUT2D eigenvalue weighted by Crippen LogP contribution is -1.91. The minimum absolute atomic E-state index is 0.0543. The predicted molar refractivity (Wildman–Crippen MR) is 63.0 cm³/mol. The first kappa shape index (κ1) is 12.2. The Morgan fingerprint density at radius 3 is 2.33 bits per heavy atom. The van der Waals surface area contributed by atoms with Gasteiger partial charge in [-0.25, -0.2) is 8.78 Å². The molecule has 0 saturated heterocycles. The molecule has 18 heavy (non-hydrogen) atoms. The Balaban J connectivity index is 2.35. The van der Waals surface area contributed by atoms with E-state index in [1.165, 1.54) is 6.07 Å². The number of benzene rings is 2. The van der Waals surface area contributed by atoms with Crippen LogP contribution in [-0.2, 0) is 0 Å². The van der Waals surface area contributed by atoms with Crippen LogP contribution in [0.15, 0.2) is 36.4 Å². The van der Waals surface area contributed by atoms with Crippen LogP contribution >= 0.6 is 0 Å². The second kappa shape index (κ2) is 4.96. The van der Waals surface area contributed by atoms with E-state index in [0.717, 1.165) is 23.8 Å². The van der Waals surface area contributed by atoms with E-state index in [1.807, 2.05) is 0 Å². The van der Waals surface area contributed by atoms with Crippen molar-refractivity contribution in [1.29, 1.82) is 0 Å². The van der Waals surface area contributed by atoms with Crippen LogP contribution in [0, 0.1) is 18.6 Å². The molecule has 0 aromatic heterocycles. The van der Waals surface area contributed by atoms with Crippen LogP contribution in [0.2, 0.25) is 0 Å². The van der Waals surface area contributed by atoms with Crippen LogP contribution < -0.4 is 4.74 Å². The topological polar surface area (TPSA) is 26.3 Å². The Labute approximate surface area is 103 Å². The molecular weight excluding hydrogens is 238 g/mol. The predicted octanol–water partition coefficient (Wildman–Crippen LogP) is 3.88. The fraction of sp³-hybridized carbons (Fsp3) is 0.0714. The highest BCUT2D eigenvalue weighted by molar-refractivity contribution is 5.75. The SMILES string of the molecule is Cc1ccc(C=O)cc1Oc1cc(F)cc(F)c1. The molecule has 0 saturated carbocycles. The quantitative estimate of drug-likeness (QED) is 0.770. The molecule has 0 aliphatic carbocycles. The van der Waals surface area contributed by atoms with Crippen LogP contribution in [0.1, 0.15) is 15.9 Å². The van der Waals surface area contributed by atoms with Crippen molar-refractivity contribution in [3.63, 3.8) is 0 Å². The van der Waals surface area contributed by atoms with Crippen LogP contribution in [0.3, 0.4) is 0 Å². The van der Waals surface area contributed by atoms with Gasteiger partial charge in [0.2, 0.25) is 0 Å². The summed E-state index contributed by atoms with van der Waals surface area (Å²) < 4.78 is 31.4. The molecule has 2 aromatic rings. The summed E-state index contributed by atoms with van der Waals surface area (Å²) >= 11 is 0. The summed E-state index contributed by atoms with van der Waals surface area (Å²) in [6.45, 7) is 1.78. The first-order valence-electron chi connectivity index (χ1n) is 5.28. The Hall–Kier alpha value is -2.23. The number of hydrogen-bond acceptors (Lipinski definition) is 2. The van der Waals surface area contributed by atoms with Gasteiger partial charge in [0.05, 0.1) is 0 Å². The summed E-state index contributed by atoms with van der Waals surface area (Å²) in [5.41, 5.74) is 1.21. The highest BCUT2D eigenvalue weighted by atomic mass is 19.1. The molecule has 0 fully saturated rings. The zero-order chi connectivity index (χ0) is 13.1. The lowest BCUT2D eigenvalue weighted by molar-refractivity contribution is 0.112. The molecule has 0 atom stereocenters. The van der Waals surface area contributed by atoms with Crippen molar-refractivity contribution in [3.05, 3.63) is 59.2 Å². The van der Waals surface area contributed by atoms with Crippen LogP contribution in [0.25, 0.3) is 0 Å². The summed E-state index contributed by atoms with van der Waals surface area (Å²) in [6.07, 6.45) is 0.679. The number of carbonyl (C=O) groups excluding carboxylic acids is 1. The lowest BCUT2D eigenvalue weighted by atomic mass is 10.1. The first-order valence-corrected chi connectivity index (χ1v) is 5.28. The van der Waals surface area contributed by atoms with Crippen molar-refractivity contribution in [2.45, 2.75) is 6.92 Å². The van der Waals surface area contributed by atoms with Gasteiger partial charge in [-0.15, -0.1) is 0 Å². The molecule has 0 unspecified atom stereocenters. The van der Waals surface area contributed by atoms with Crippen molar-refractivity contribution in [2.24, 2.45) is 0 Å². The third kappa shape index (κ3) is 2.71. The van der Waals surface area contributed by atoms with Crippen molar-refractivity contribution < 1.29 is 18.3 Å². The number of rotatable bonds is 3. The van der Waals surface area contributed by atoms with Gasteiger partial charge in [0.15, 0.2) is 0 Å². The molecular formula is C14H10F2O2. The number of aldehydes is 1. The maximum absolute atomic E-state index is 13.0. The minimum Gasteiger partial charge on any atom is -0.457 e. The molecule has 0 aliphatic rings. The van der Waals surface area contributed by atoms with Gasteiger partial charge in [0.1, 0.15) is 29.4 Å². The summed E-state index contributed by atoms with van der Waals surface area (Å²) in [6, 6.07) is 7.79. The van der Waals surface area contributed by atoms with E-state index in [-0.39, 0.29) is 5.75 Å². The number of ether oxygens (including phenoxy) is 1. The standard InChI is InChI=1S/C14H10F2O2/c1-9-2-3-10(8-17)4-14(9)18-13-6-11(15)5-12(16)7-13/h2-8H,1H3. The summed E-state index contributed by atoms with van der Waals surface area (Å²) in [5.74, 6) is -0.980. The van der Waals surface area contributed by atoms with E-state index in [2.05, 4.69) is 0 Å². The molecule has 0 N–H and O–H groups in total. The molecule has 0 heterocycles. The van der Waals surface area contributed by atoms with Gasteiger partial charge in [-0.2, -0.15) is 0 Å². The van der Waals surface area contributed by atoms with Crippen molar-refractivity contribution in [2.75, 3.05) is 0 Å². The van der Waals surface area contributed by atoms with Crippen molar-refractivity contribution in [1.82, 2.24) is 0 Å². The zero-order valence-corrected chi connectivity index (χ0v) is 9.61. The fourth-order valence-corrected chi connectivity index (χ4v) is 1.51. The molecule has 0 spiro atoms. The molecule has 0 aliphatic heterocycles. The molecule has 2 rings (SSSR count). The van der Waals surface area contributed by atoms with E-state index in [1.54, 1.807) is 19.1 Å². The van der Waals surface area contributed by atoms with Gasteiger partial charge in [-0.3, -0.25) is 4.79 Å². The highest BCUT2D eigenvalue weighted by Crippen LogP contribution is 2.26. The normalized spacial score (nSPS) is 10.2. The Kier molecular flexibility index (Phi) is 3.37. The average Bonchev–Trinajstić information content (AvgIpc) is 2.30. The smallest absolute Gasteiger partial charge is 0.150 e. The van der Waals surface area contributed by atoms with E-state index in [0.29, 0.717) is 17.6 Å². The monoisotopic (exact) mass is 248 g/mol. The third-order valence-corrected chi connectivity index (χ3v) is 2.41. The van der Waals surface area contributed by atoms with Gasteiger partial charge < -0.3 is 4.74 Å². The fourth-order valence-electron chi connectivity index (χ4n) is 1.51. The largest absolute Gasteiger partial charge is 0.457 e. The van der Waals surface area contributed by atoms with E-state index in [4.69, 9.17) is 4.74 Å². The molecule has 92 valence electrons. The van der Waals surface area contributed by atoms with Crippen molar-refractivity contribution >= 4 is 6.29 Å². The Morgan fingerprint density at radius 2 is 1.72 bits per heavy atom. The Bertz CT molecular complexity index is 574. The van der Waals surface area contributed by atoms with Crippen LogP contribution in [-0.4, -0.2) is 6.29 Å². The highest BCUT2D eigenvalue weighted by Gasteiger charge is 2.06. The maximum Gasteiger partial charge on any atom is 0.150 e. The Morgan fingerprint density at radius 1 is 1.06 bits per heavy atom. The zero-order valence-electron chi connectivity index (χ0n) is 9.61. The number of hydrogen-bond donors (Lipinski definition) is 0. The van der Waals surface area contributed by atoms with Crippen LogP contribution in [0.4, 0.5) is 8.78 Å². The summed E-state index contributed by atoms with van der Waals surface area (Å²) in [7, 11) is 0. The molecule has 2 nitrogen and oxygen atoms in total. The number of halogens is 2. The van der Waals surface area contributed by atoms with Crippen molar-refractivity contribution in [3.8, 4) is 11.5 Å². The third-order valence-electron chi connectivity index (χ3n) is 2.41. The van der Waals surface area contributed by atoms with Gasteiger partial charge in [0.25, 0.3) is 0 Å². The van der Waals surface area contributed by atoms with Gasteiger partial charge >= 0.3 is 0 Å². The van der Waals surface area contributed by atoms with Gasteiger partial charge in [-0.1, -0.05) is 12.1 Å². The lowest BCUT2D eigenvalue weighted by Gasteiger charge is -2.09. The van der Waals surface area contributed by atoms with Crippen LogP contribution in [0.5, 0.6) is 11.5 Å². The maximum atomic E-state index is 13.0. The van der Waals surface area contributed by atoms with E-state index < -0.39 is 11.6 Å². The average molecular weight is 248 g/mol. The molecule has 0 radical (unpaired) electrons. The van der Waals surface area contributed by atoms with Gasteiger partial charge in [-0.05, 0) is 18.6 Å². The van der Waals surface area contributed by atoms with E-state index >= 15 is 0 Å². The van der Waals surface area contributed by atoms with Gasteiger partial charge in [0, 0.05) is 23.8 Å². The number of aryl methyl sites for hydroxylation is 1. The second-order valence-electron chi connectivity index (χ2n) is 3.85. The van der Waals surface area contributed by atoms with E-state index in [9.17, 15) is 13.6 Å². The number of carbonyl (C=O) groups is 1. The second-order valence-corrected chi connectivity index (χ2v) is 3.85. The molecule has 0 bridgehead atoms.